The topological polar surface area (TPSA) is 114 Å². The van der Waals surface area contributed by atoms with Crippen molar-refractivity contribution in [2.75, 3.05) is 29.1 Å². The van der Waals surface area contributed by atoms with Crippen LogP contribution in [0.15, 0.2) is 47.0 Å². The summed E-state index contributed by atoms with van der Waals surface area (Å²) in [6.07, 6.45) is -1.02. The quantitative estimate of drug-likeness (QED) is 0.286. The number of amides is 2. The molecule has 0 aliphatic heterocycles. The number of benzene rings is 2. The molecule has 0 bridgehead atoms. The summed E-state index contributed by atoms with van der Waals surface area (Å²) < 4.78 is 10.7. The molecule has 2 amide bonds. The Hall–Kier alpha value is -4.14. The Bertz CT molecular complexity index is 1310. The number of hydrogen-bond donors (Lipinski definition) is 2. The number of ether oxygens (including phenoxy) is 1. The summed E-state index contributed by atoms with van der Waals surface area (Å²) in [4.78, 5) is 40.3. The Morgan fingerprint density at radius 2 is 1.73 bits per heavy atom. The highest BCUT2D eigenvalue weighted by Gasteiger charge is 2.20. The summed E-state index contributed by atoms with van der Waals surface area (Å²) in [5.74, 6) is -0.312. The molecule has 0 aliphatic carbocycles. The van der Waals surface area contributed by atoms with E-state index in [9.17, 15) is 14.4 Å². The van der Waals surface area contributed by atoms with Crippen LogP contribution in [0.4, 0.5) is 21.9 Å². The minimum atomic E-state index is -0.688. The van der Waals surface area contributed by atoms with Crippen LogP contribution < -0.4 is 15.5 Å². The lowest BCUT2D eigenvalue weighted by atomic mass is 10.0. The number of carbonyl (C=O) groups is 3. The Morgan fingerprint density at radius 1 is 1.03 bits per heavy atom. The van der Waals surface area contributed by atoms with Crippen LogP contribution in [-0.4, -0.2) is 42.1 Å². The van der Waals surface area contributed by atoms with Gasteiger partial charge in [0.05, 0.1) is 23.5 Å². The fourth-order valence-electron chi connectivity index (χ4n) is 3.69. The molecule has 196 valence electrons. The number of ketones is 1. The van der Waals surface area contributed by atoms with Crippen molar-refractivity contribution in [2.24, 2.45) is 0 Å². The Labute approximate surface area is 217 Å². The highest BCUT2D eigenvalue weighted by Crippen LogP contribution is 2.32. The van der Waals surface area contributed by atoms with Crippen molar-refractivity contribution in [1.82, 2.24) is 5.16 Å². The van der Waals surface area contributed by atoms with Crippen molar-refractivity contribution in [3.05, 3.63) is 59.3 Å². The van der Waals surface area contributed by atoms with Gasteiger partial charge in [-0.2, -0.15) is 0 Å². The van der Waals surface area contributed by atoms with Crippen molar-refractivity contribution >= 4 is 34.8 Å². The second kappa shape index (κ2) is 11.3. The molecule has 0 spiro atoms. The van der Waals surface area contributed by atoms with E-state index in [1.54, 1.807) is 57.2 Å². The van der Waals surface area contributed by atoms with E-state index in [-0.39, 0.29) is 12.2 Å². The zero-order chi connectivity index (χ0) is 27.3. The van der Waals surface area contributed by atoms with E-state index in [0.29, 0.717) is 28.3 Å². The van der Waals surface area contributed by atoms with Crippen LogP contribution in [-0.2, 0) is 9.53 Å². The van der Waals surface area contributed by atoms with Crippen LogP contribution in [0.5, 0.6) is 0 Å². The first-order valence-electron chi connectivity index (χ1n) is 12.1. The molecule has 9 nitrogen and oxygen atoms in total. The third-order valence-electron chi connectivity index (χ3n) is 5.55. The second-order valence-corrected chi connectivity index (χ2v) is 9.89. The SMILES string of the molecule is CCN(C)c1cc(NC(=O)OC(C)(C)C)c(NC(=O)CC(=O)c2cccc(-c3cc(C)no3)c2)cc1C. The van der Waals surface area contributed by atoms with Crippen molar-refractivity contribution in [3.8, 4) is 11.3 Å². The molecule has 0 atom stereocenters. The second-order valence-electron chi connectivity index (χ2n) is 9.89. The number of anilines is 3. The molecule has 3 rings (SSSR count). The molecule has 0 unspecified atom stereocenters. The average molecular weight is 507 g/mol. The standard InChI is InChI=1S/C28H34N4O5/c1-8-32(7)23-15-22(30-27(35)36-28(4,5)6)21(12-17(23)2)29-26(34)16-24(33)19-10-9-11-20(14-19)25-13-18(3)31-37-25/h9-15H,8,16H2,1-7H3,(H,29,34)(H,30,35). The van der Waals surface area contributed by atoms with Gasteiger partial charge in [0.2, 0.25) is 5.91 Å². The first-order chi connectivity index (χ1) is 17.4. The molecule has 2 N–H and O–H groups in total. The highest BCUT2D eigenvalue weighted by atomic mass is 16.6. The van der Waals surface area contributed by atoms with E-state index in [4.69, 9.17) is 9.26 Å². The van der Waals surface area contributed by atoms with Crippen LogP contribution in [0.25, 0.3) is 11.3 Å². The Balaban J connectivity index is 1.80. The summed E-state index contributed by atoms with van der Waals surface area (Å²) in [7, 11) is 1.94. The van der Waals surface area contributed by atoms with Gasteiger partial charge in [-0.3, -0.25) is 14.9 Å². The smallest absolute Gasteiger partial charge is 0.412 e. The van der Waals surface area contributed by atoms with Gasteiger partial charge in [-0.25, -0.2) is 4.79 Å². The third kappa shape index (κ3) is 7.42. The predicted octanol–water partition coefficient (Wildman–Crippen LogP) is 5.97. The van der Waals surface area contributed by atoms with Gasteiger partial charge in [0.25, 0.3) is 0 Å². The van der Waals surface area contributed by atoms with Crippen molar-refractivity contribution in [1.29, 1.82) is 0 Å². The first-order valence-corrected chi connectivity index (χ1v) is 12.1. The molecule has 2 aromatic carbocycles. The van der Waals surface area contributed by atoms with Gasteiger partial charge in [-0.05, 0) is 65.3 Å². The monoisotopic (exact) mass is 506 g/mol. The van der Waals surface area contributed by atoms with Gasteiger partial charge < -0.3 is 19.5 Å². The van der Waals surface area contributed by atoms with Crippen LogP contribution in [0.2, 0.25) is 0 Å². The number of nitrogens with one attached hydrogen (secondary N) is 2. The summed E-state index contributed by atoms with van der Waals surface area (Å²) in [5, 5.41) is 9.38. The lowest BCUT2D eigenvalue weighted by Gasteiger charge is -2.24. The maximum absolute atomic E-state index is 12.9. The fourth-order valence-corrected chi connectivity index (χ4v) is 3.69. The zero-order valence-electron chi connectivity index (χ0n) is 22.4. The molecule has 0 aliphatic rings. The van der Waals surface area contributed by atoms with E-state index >= 15 is 0 Å². The lowest BCUT2D eigenvalue weighted by molar-refractivity contribution is -0.115. The molecule has 0 radical (unpaired) electrons. The van der Waals surface area contributed by atoms with Crippen LogP contribution >= 0.6 is 0 Å². The average Bonchev–Trinajstić information content (AvgIpc) is 3.25. The number of carbonyl (C=O) groups excluding carboxylic acids is 3. The predicted molar refractivity (Wildman–Crippen MR) is 144 cm³/mol. The number of Topliss-reactive ketones (excluding diaryl/α,β-unsaturated/α-hetero) is 1. The van der Waals surface area contributed by atoms with Crippen LogP contribution in [0, 0.1) is 13.8 Å². The summed E-state index contributed by atoms with van der Waals surface area (Å²) in [6, 6.07) is 12.2. The zero-order valence-corrected chi connectivity index (χ0v) is 22.4. The molecular formula is C28H34N4O5. The first kappa shape index (κ1) is 27.4. The minimum Gasteiger partial charge on any atom is -0.444 e. The molecule has 1 aromatic heterocycles. The van der Waals surface area contributed by atoms with Crippen LogP contribution in [0.1, 0.15) is 55.7 Å². The van der Waals surface area contributed by atoms with Gasteiger partial charge in [0, 0.05) is 36.5 Å². The van der Waals surface area contributed by atoms with Gasteiger partial charge >= 0.3 is 6.09 Å². The van der Waals surface area contributed by atoms with E-state index in [0.717, 1.165) is 23.5 Å². The normalized spacial score (nSPS) is 11.1. The lowest BCUT2D eigenvalue weighted by Crippen LogP contribution is -2.28. The molecule has 0 saturated carbocycles. The van der Waals surface area contributed by atoms with Gasteiger partial charge in [-0.15, -0.1) is 0 Å². The molecule has 3 aromatic rings. The van der Waals surface area contributed by atoms with Gasteiger partial charge in [0.1, 0.15) is 5.60 Å². The van der Waals surface area contributed by atoms with Crippen LogP contribution in [0.3, 0.4) is 0 Å². The van der Waals surface area contributed by atoms with E-state index in [2.05, 4.69) is 15.8 Å². The fraction of sp³-hybridized carbons (Fsp3) is 0.357. The largest absolute Gasteiger partial charge is 0.444 e. The van der Waals surface area contributed by atoms with E-state index < -0.39 is 17.6 Å². The van der Waals surface area contributed by atoms with Crippen molar-refractivity contribution in [2.45, 2.75) is 53.6 Å². The van der Waals surface area contributed by atoms with Crippen molar-refractivity contribution in [3.63, 3.8) is 0 Å². The molecule has 0 saturated heterocycles. The summed E-state index contributed by atoms with van der Waals surface area (Å²) in [5.41, 5.74) is 3.66. The summed E-state index contributed by atoms with van der Waals surface area (Å²) >= 11 is 0. The Morgan fingerprint density at radius 3 is 2.35 bits per heavy atom. The van der Waals surface area contributed by atoms with Gasteiger partial charge in [0.15, 0.2) is 11.5 Å². The number of hydrogen-bond acceptors (Lipinski definition) is 7. The van der Waals surface area contributed by atoms with Crippen molar-refractivity contribution < 1.29 is 23.6 Å². The summed E-state index contributed by atoms with van der Waals surface area (Å²) in [6.45, 7) is 11.8. The maximum Gasteiger partial charge on any atom is 0.412 e. The van der Waals surface area contributed by atoms with E-state index in [1.807, 2.05) is 38.8 Å². The number of aryl methyl sites for hydroxylation is 2. The number of aromatic nitrogens is 1. The molecule has 37 heavy (non-hydrogen) atoms. The van der Waals surface area contributed by atoms with E-state index in [1.165, 1.54) is 0 Å². The Kier molecular flexibility index (Phi) is 8.37. The molecular weight excluding hydrogens is 472 g/mol. The third-order valence-corrected chi connectivity index (χ3v) is 5.55. The molecule has 9 heteroatoms. The number of rotatable bonds is 8. The highest BCUT2D eigenvalue weighted by molar-refractivity contribution is 6.12. The minimum absolute atomic E-state index is 0.351. The molecule has 1 heterocycles. The number of nitrogens with zero attached hydrogens (tertiary/aromatic N) is 2. The molecule has 0 fully saturated rings. The van der Waals surface area contributed by atoms with Gasteiger partial charge in [-0.1, -0.05) is 23.4 Å². The maximum atomic E-state index is 12.9.